The lowest BCUT2D eigenvalue weighted by Crippen LogP contribution is -2.38. The summed E-state index contributed by atoms with van der Waals surface area (Å²) in [7, 11) is 3.07. The highest BCUT2D eigenvalue weighted by atomic mass is 35.5. The van der Waals surface area contributed by atoms with Crippen molar-refractivity contribution in [2.45, 2.75) is 6.42 Å². The number of rotatable bonds is 11. The van der Waals surface area contributed by atoms with Gasteiger partial charge in [-0.3, -0.25) is 14.4 Å². The summed E-state index contributed by atoms with van der Waals surface area (Å²) in [6.45, 7) is -0.152. The molecule has 3 aromatic rings. The van der Waals surface area contributed by atoms with Crippen LogP contribution in [-0.2, 0) is 20.8 Å². The first-order valence-electron chi connectivity index (χ1n) is 11.7. The molecular formula is C27H25Cl3N4O6. The molecule has 40 heavy (non-hydrogen) atoms. The highest BCUT2D eigenvalue weighted by Gasteiger charge is 2.14. The molecule has 0 aliphatic carbocycles. The molecule has 0 bridgehead atoms. The lowest BCUT2D eigenvalue weighted by molar-refractivity contribution is -0.139. The number of carbonyl (C=O) groups is 3. The van der Waals surface area contributed by atoms with Crippen LogP contribution in [0.3, 0.4) is 0 Å². The SMILES string of the molecule is COc1ccc(CCNC(=O)C(=O)N/N=C\c2cc(Cl)ccc2OCC(=O)Nc2cccc(Cl)c2Cl)cc1OC. The highest BCUT2D eigenvalue weighted by molar-refractivity contribution is 6.44. The Labute approximate surface area is 245 Å². The van der Waals surface area contributed by atoms with Gasteiger partial charge in [0, 0.05) is 17.1 Å². The second-order valence-corrected chi connectivity index (χ2v) is 9.24. The van der Waals surface area contributed by atoms with E-state index in [1.807, 2.05) is 6.07 Å². The Morgan fingerprint density at radius 1 is 0.900 bits per heavy atom. The number of hydrogen-bond acceptors (Lipinski definition) is 7. The Morgan fingerprint density at radius 3 is 2.40 bits per heavy atom. The van der Waals surface area contributed by atoms with Gasteiger partial charge in [0.05, 0.1) is 36.2 Å². The van der Waals surface area contributed by atoms with E-state index in [-0.39, 0.29) is 23.9 Å². The summed E-state index contributed by atoms with van der Waals surface area (Å²) >= 11 is 18.1. The molecule has 0 aliphatic rings. The number of ether oxygens (including phenoxy) is 3. The van der Waals surface area contributed by atoms with Crippen molar-refractivity contribution in [1.82, 2.24) is 10.7 Å². The highest BCUT2D eigenvalue weighted by Crippen LogP contribution is 2.30. The van der Waals surface area contributed by atoms with Gasteiger partial charge in [-0.05, 0) is 54.4 Å². The molecule has 0 fully saturated rings. The molecular weight excluding hydrogens is 583 g/mol. The first-order chi connectivity index (χ1) is 19.2. The Hall–Kier alpha value is -3.99. The van der Waals surface area contributed by atoms with Crippen molar-refractivity contribution >= 4 is 64.4 Å². The number of hydrazone groups is 1. The van der Waals surface area contributed by atoms with E-state index < -0.39 is 17.7 Å². The van der Waals surface area contributed by atoms with E-state index in [1.54, 1.807) is 36.4 Å². The zero-order chi connectivity index (χ0) is 29.1. The second kappa shape index (κ2) is 15.0. The molecule has 3 N–H and O–H groups in total. The monoisotopic (exact) mass is 606 g/mol. The van der Waals surface area contributed by atoms with Crippen LogP contribution in [0.5, 0.6) is 17.2 Å². The minimum absolute atomic E-state index is 0.206. The van der Waals surface area contributed by atoms with Gasteiger partial charge in [-0.15, -0.1) is 0 Å². The van der Waals surface area contributed by atoms with Crippen LogP contribution in [-0.4, -0.2) is 51.3 Å². The number of anilines is 1. The van der Waals surface area contributed by atoms with Crippen molar-refractivity contribution in [2.75, 3.05) is 32.7 Å². The van der Waals surface area contributed by atoms with Gasteiger partial charge in [-0.1, -0.05) is 46.9 Å². The zero-order valence-corrected chi connectivity index (χ0v) is 23.7. The van der Waals surface area contributed by atoms with Crippen LogP contribution in [0, 0.1) is 0 Å². The summed E-state index contributed by atoms with van der Waals surface area (Å²) in [5, 5.41) is 9.80. The number of nitrogens with one attached hydrogen (secondary N) is 3. The van der Waals surface area contributed by atoms with Crippen LogP contribution in [0.4, 0.5) is 5.69 Å². The molecule has 3 aromatic carbocycles. The number of amides is 3. The van der Waals surface area contributed by atoms with E-state index in [1.165, 1.54) is 32.6 Å². The Bertz CT molecular complexity index is 1420. The van der Waals surface area contributed by atoms with E-state index in [0.29, 0.717) is 39.2 Å². The summed E-state index contributed by atoms with van der Waals surface area (Å²) in [4.78, 5) is 36.6. The van der Waals surface area contributed by atoms with Crippen LogP contribution in [0.2, 0.25) is 15.1 Å². The third-order valence-corrected chi connectivity index (χ3v) is 6.33. The molecule has 0 unspecified atom stereocenters. The molecule has 13 heteroatoms. The lowest BCUT2D eigenvalue weighted by atomic mass is 10.1. The molecule has 0 spiro atoms. The molecule has 0 radical (unpaired) electrons. The lowest BCUT2D eigenvalue weighted by Gasteiger charge is -2.11. The number of benzene rings is 3. The molecule has 0 aromatic heterocycles. The fourth-order valence-electron chi connectivity index (χ4n) is 3.33. The van der Waals surface area contributed by atoms with E-state index in [4.69, 9.17) is 49.0 Å². The maximum absolute atomic E-state index is 12.3. The number of methoxy groups -OCH3 is 2. The summed E-state index contributed by atoms with van der Waals surface area (Å²) in [5.74, 6) is -0.906. The van der Waals surface area contributed by atoms with Gasteiger partial charge in [0.1, 0.15) is 5.75 Å². The fraction of sp³-hybridized carbons (Fsp3) is 0.185. The Kier molecular flexibility index (Phi) is 11.4. The number of hydrogen-bond donors (Lipinski definition) is 3. The predicted molar refractivity (Wildman–Crippen MR) is 154 cm³/mol. The van der Waals surface area contributed by atoms with Crippen molar-refractivity contribution < 1.29 is 28.6 Å². The minimum Gasteiger partial charge on any atom is -0.493 e. The quantitative estimate of drug-likeness (QED) is 0.167. The minimum atomic E-state index is -0.967. The van der Waals surface area contributed by atoms with Crippen molar-refractivity contribution in [3.8, 4) is 17.2 Å². The van der Waals surface area contributed by atoms with E-state index in [0.717, 1.165) is 5.56 Å². The van der Waals surface area contributed by atoms with Crippen LogP contribution in [0.15, 0.2) is 59.7 Å². The van der Waals surface area contributed by atoms with Crippen molar-refractivity contribution in [2.24, 2.45) is 5.10 Å². The molecule has 0 saturated carbocycles. The van der Waals surface area contributed by atoms with Crippen molar-refractivity contribution in [3.63, 3.8) is 0 Å². The normalized spacial score (nSPS) is 10.6. The standard InChI is InChI=1S/C27H25Cl3N4O6/c1-38-22-8-6-16(12-23(22)39-2)10-11-31-26(36)27(37)34-32-14-17-13-18(28)7-9-21(17)40-15-24(35)33-20-5-3-4-19(29)25(20)30/h3-9,12-14H,10-11,15H2,1-2H3,(H,31,36)(H,33,35)(H,34,37)/b32-14-. The van der Waals surface area contributed by atoms with Gasteiger partial charge >= 0.3 is 11.8 Å². The van der Waals surface area contributed by atoms with Crippen LogP contribution in [0.25, 0.3) is 0 Å². The third-order valence-electron chi connectivity index (χ3n) is 5.28. The van der Waals surface area contributed by atoms with Crippen molar-refractivity contribution in [1.29, 1.82) is 0 Å². The molecule has 3 rings (SSSR count). The second-order valence-electron chi connectivity index (χ2n) is 8.01. The summed E-state index contributed by atoms with van der Waals surface area (Å²) in [5.41, 5.74) is 3.72. The number of carbonyl (C=O) groups excluding carboxylic acids is 3. The van der Waals surface area contributed by atoms with Crippen LogP contribution in [0.1, 0.15) is 11.1 Å². The van der Waals surface area contributed by atoms with Crippen molar-refractivity contribution in [3.05, 3.63) is 80.8 Å². The summed E-state index contributed by atoms with van der Waals surface area (Å²) < 4.78 is 16.0. The average Bonchev–Trinajstić information content (AvgIpc) is 2.94. The third kappa shape index (κ3) is 8.77. The first-order valence-corrected chi connectivity index (χ1v) is 12.8. The number of halogens is 3. The van der Waals surface area contributed by atoms with Gasteiger partial charge in [-0.25, -0.2) is 5.43 Å². The molecule has 10 nitrogen and oxygen atoms in total. The van der Waals surface area contributed by atoms with Gasteiger partial charge in [-0.2, -0.15) is 5.10 Å². The molecule has 3 amide bonds. The fourth-order valence-corrected chi connectivity index (χ4v) is 3.86. The largest absolute Gasteiger partial charge is 0.493 e. The molecule has 0 aliphatic heterocycles. The van der Waals surface area contributed by atoms with E-state index in [9.17, 15) is 14.4 Å². The predicted octanol–water partition coefficient (Wildman–Crippen LogP) is 4.49. The molecule has 0 atom stereocenters. The maximum Gasteiger partial charge on any atom is 0.329 e. The maximum atomic E-state index is 12.3. The Morgan fingerprint density at radius 2 is 1.65 bits per heavy atom. The molecule has 0 saturated heterocycles. The smallest absolute Gasteiger partial charge is 0.329 e. The van der Waals surface area contributed by atoms with E-state index >= 15 is 0 Å². The van der Waals surface area contributed by atoms with Gasteiger partial charge in [0.15, 0.2) is 18.1 Å². The Balaban J connectivity index is 1.51. The van der Waals surface area contributed by atoms with Crippen LogP contribution >= 0.6 is 34.8 Å². The van der Waals surface area contributed by atoms with Crippen LogP contribution < -0.4 is 30.3 Å². The molecule has 0 heterocycles. The number of nitrogens with zero attached hydrogens (tertiary/aromatic N) is 1. The zero-order valence-electron chi connectivity index (χ0n) is 21.4. The first kappa shape index (κ1) is 30.6. The summed E-state index contributed by atoms with van der Waals surface area (Å²) in [6, 6.07) is 14.8. The summed E-state index contributed by atoms with van der Waals surface area (Å²) in [6.07, 6.45) is 1.70. The van der Waals surface area contributed by atoms with Gasteiger partial charge in [0.2, 0.25) is 0 Å². The topological polar surface area (TPSA) is 127 Å². The van der Waals surface area contributed by atoms with Gasteiger partial charge in [0.25, 0.3) is 5.91 Å². The van der Waals surface area contributed by atoms with E-state index in [2.05, 4.69) is 21.2 Å². The molecule has 210 valence electrons. The average molecular weight is 608 g/mol. The van der Waals surface area contributed by atoms with Gasteiger partial charge < -0.3 is 24.8 Å².